The Morgan fingerprint density at radius 3 is 2.88 bits per heavy atom. The molecule has 0 bridgehead atoms. The lowest BCUT2D eigenvalue weighted by molar-refractivity contribution is -0.135. The topological polar surface area (TPSA) is 75.6 Å². The van der Waals surface area contributed by atoms with Gasteiger partial charge in [-0.2, -0.15) is 0 Å². The highest BCUT2D eigenvalue weighted by atomic mass is 35.5. The summed E-state index contributed by atoms with van der Waals surface area (Å²) in [6.07, 6.45) is 4.96. The average molecular weight is 375 g/mol. The van der Waals surface area contributed by atoms with Gasteiger partial charge in [-0.05, 0) is 18.2 Å². The Morgan fingerprint density at radius 1 is 1.42 bits per heavy atom. The van der Waals surface area contributed by atoms with Crippen molar-refractivity contribution in [1.82, 2.24) is 14.9 Å². The Labute approximate surface area is 156 Å². The Balaban J connectivity index is 1.68. The molecule has 1 aromatic carbocycles. The van der Waals surface area contributed by atoms with Gasteiger partial charge in [-0.25, -0.2) is 0 Å². The maximum absolute atomic E-state index is 12.7. The lowest BCUT2D eigenvalue weighted by atomic mass is 10.1. The van der Waals surface area contributed by atoms with Crippen LogP contribution in [0.4, 0.5) is 5.69 Å². The van der Waals surface area contributed by atoms with Crippen LogP contribution in [-0.4, -0.2) is 47.4 Å². The standard InChI is InChI=1S/C18H19ClN4O3/c1-22(11-13-9-20-5-6-21-13)18(25)12-7-17(24)23(10-12)14-3-4-16(26-2)15(19)8-14/h3-6,8-9,12H,7,10-11H2,1-2H3/t12-/m0/s1. The molecule has 0 saturated carbocycles. The summed E-state index contributed by atoms with van der Waals surface area (Å²) in [6.45, 7) is 0.677. The maximum atomic E-state index is 12.7. The molecule has 0 aliphatic carbocycles. The summed E-state index contributed by atoms with van der Waals surface area (Å²) in [4.78, 5) is 36.4. The van der Waals surface area contributed by atoms with E-state index < -0.39 is 5.92 Å². The highest BCUT2D eigenvalue weighted by Crippen LogP contribution is 2.32. The number of nitrogens with zero attached hydrogens (tertiary/aromatic N) is 4. The van der Waals surface area contributed by atoms with Crippen molar-refractivity contribution in [1.29, 1.82) is 0 Å². The van der Waals surface area contributed by atoms with Crippen molar-refractivity contribution >= 4 is 29.1 Å². The normalized spacial score (nSPS) is 16.7. The van der Waals surface area contributed by atoms with Crippen molar-refractivity contribution in [3.63, 3.8) is 0 Å². The number of ether oxygens (including phenoxy) is 1. The van der Waals surface area contributed by atoms with Gasteiger partial charge in [0.1, 0.15) is 5.75 Å². The van der Waals surface area contributed by atoms with E-state index in [9.17, 15) is 9.59 Å². The van der Waals surface area contributed by atoms with E-state index in [1.165, 1.54) is 7.11 Å². The number of methoxy groups -OCH3 is 1. The smallest absolute Gasteiger partial charge is 0.228 e. The van der Waals surface area contributed by atoms with Gasteiger partial charge in [-0.1, -0.05) is 11.6 Å². The monoisotopic (exact) mass is 374 g/mol. The predicted molar refractivity (Wildman–Crippen MR) is 97.0 cm³/mol. The molecule has 1 aromatic heterocycles. The number of hydrogen-bond donors (Lipinski definition) is 0. The molecule has 1 aliphatic rings. The van der Waals surface area contributed by atoms with E-state index in [2.05, 4.69) is 9.97 Å². The van der Waals surface area contributed by atoms with E-state index in [0.29, 0.717) is 35.2 Å². The zero-order chi connectivity index (χ0) is 18.7. The number of halogens is 1. The Kier molecular flexibility index (Phi) is 5.37. The van der Waals surface area contributed by atoms with Crippen molar-refractivity contribution in [2.75, 3.05) is 25.6 Å². The first-order valence-corrected chi connectivity index (χ1v) is 8.51. The minimum absolute atomic E-state index is 0.0916. The van der Waals surface area contributed by atoms with Crippen molar-refractivity contribution in [2.45, 2.75) is 13.0 Å². The summed E-state index contributed by atoms with van der Waals surface area (Å²) in [6, 6.07) is 5.15. The van der Waals surface area contributed by atoms with Gasteiger partial charge in [-0.3, -0.25) is 19.6 Å². The molecule has 2 heterocycles. The number of carbonyl (C=O) groups is 2. The Bertz CT molecular complexity index is 815. The van der Waals surface area contributed by atoms with Gasteiger partial charge in [0.25, 0.3) is 0 Å². The largest absolute Gasteiger partial charge is 0.495 e. The van der Waals surface area contributed by atoms with Gasteiger partial charge in [0, 0.05) is 38.1 Å². The third-order valence-electron chi connectivity index (χ3n) is 4.31. The zero-order valence-electron chi connectivity index (χ0n) is 14.6. The van der Waals surface area contributed by atoms with E-state index in [1.807, 2.05) is 0 Å². The molecule has 8 heteroatoms. The van der Waals surface area contributed by atoms with E-state index in [4.69, 9.17) is 16.3 Å². The number of benzene rings is 1. The SMILES string of the molecule is COc1ccc(N2C[C@@H](C(=O)N(C)Cc3cnccn3)CC2=O)cc1Cl. The molecule has 0 spiro atoms. The number of amides is 2. The van der Waals surface area contributed by atoms with Crippen LogP contribution in [0.25, 0.3) is 0 Å². The van der Waals surface area contributed by atoms with Crippen LogP contribution < -0.4 is 9.64 Å². The molecule has 2 amide bonds. The first-order valence-electron chi connectivity index (χ1n) is 8.13. The van der Waals surface area contributed by atoms with E-state index >= 15 is 0 Å². The quantitative estimate of drug-likeness (QED) is 0.801. The van der Waals surface area contributed by atoms with Crippen LogP contribution in [0.5, 0.6) is 5.75 Å². The second-order valence-electron chi connectivity index (χ2n) is 6.12. The van der Waals surface area contributed by atoms with Crippen LogP contribution in [0.3, 0.4) is 0 Å². The van der Waals surface area contributed by atoms with E-state index in [0.717, 1.165) is 0 Å². The fourth-order valence-corrected chi connectivity index (χ4v) is 3.24. The lowest BCUT2D eigenvalue weighted by Gasteiger charge is -2.21. The average Bonchev–Trinajstić information content (AvgIpc) is 3.03. The van der Waals surface area contributed by atoms with Crippen LogP contribution in [-0.2, 0) is 16.1 Å². The summed E-state index contributed by atoms with van der Waals surface area (Å²) in [5.74, 6) is -0.0490. The number of carbonyl (C=O) groups excluding carboxylic acids is 2. The zero-order valence-corrected chi connectivity index (χ0v) is 15.3. The number of hydrogen-bond acceptors (Lipinski definition) is 5. The highest BCUT2D eigenvalue weighted by Gasteiger charge is 2.36. The first-order chi connectivity index (χ1) is 12.5. The van der Waals surface area contributed by atoms with Gasteiger partial charge in [0.15, 0.2) is 0 Å². The summed E-state index contributed by atoms with van der Waals surface area (Å²) in [5.41, 5.74) is 1.36. The second-order valence-corrected chi connectivity index (χ2v) is 6.52. The molecule has 3 rings (SSSR count). The molecule has 2 aromatic rings. The van der Waals surface area contributed by atoms with Gasteiger partial charge in [-0.15, -0.1) is 0 Å². The van der Waals surface area contributed by atoms with Gasteiger partial charge >= 0.3 is 0 Å². The molecule has 136 valence electrons. The molecule has 1 aliphatic heterocycles. The Hall–Kier alpha value is -2.67. The van der Waals surface area contributed by atoms with Crippen LogP contribution in [0.15, 0.2) is 36.8 Å². The molecular formula is C18H19ClN4O3. The molecular weight excluding hydrogens is 356 g/mol. The first kappa shape index (κ1) is 18.1. The van der Waals surface area contributed by atoms with Gasteiger partial charge in [0.05, 0.1) is 36.5 Å². The highest BCUT2D eigenvalue weighted by molar-refractivity contribution is 6.32. The molecule has 7 nitrogen and oxygen atoms in total. The van der Waals surface area contributed by atoms with Crippen LogP contribution in [0.2, 0.25) is 5.02 Å². The van der Waals surface area contributed by atoms with Crippen molar-refractivity contribution in [3.05, 3.63) is 47.5 Å². The van der Waals surface area contributed by atoms with Crippen LogP contribution in [0.1, 0.15) is 12.1 Å². The maximum Gasteiger partial charge on any atom is 0.228 e. The molecule has 1 fully saturated rings. The lowest BCUT2D eigenvalue weighted by Crippen LogP contribution is -2.34. The second kappa shape index (κ2) is 7.70. The fourth-order valence-electron chi connectivity index (χ4n) is 2.99. The number of rotatable bonds is 5. The van der Waals surface area contributed by atoms with Gasteiger partial charge < -0.3 is 14.5 Å². The number of aromatic nitrogens is 2. The number of anilines is 1. The molecule has 1 atom stereocenters. The molecule has 1 saturated heterocycles. The third kappa shape index (κ3) is 3.77. The summed E-state index contributed by atoms with van der Waals surface area (Å²) < 4.78 is 5.13. The molecule has 0 unspecified atom stereocenters. The van der Waals surface area contributed by atoms with E-state index in [-0.39, 0.29) is 18.2 Å². The minimum Gasteiger partial charge on any atom is -0.495 e. The fraction of sp³-hybridized carbons (Fsp3) is 0.333. The third-order valence-corrected chi connectivity index (χ3v) is 4.61. The van der Waals surface area contributed by atoms with Crippen molar-refractivity contribution in [3.8, 4) is 5.75 Å². The van der Waals surface area contributed by atoms with Crippen LogP contribution in [0, 0.1) is 5.92 Å². The molecule has 26 heavy (non-hydrogen) atoms. The van der Waals surface area contributed by atoms with Crippen molar-refractivity contribution < 1.29 is 14.3 Å². The molecule has 0 radical (unpaired) electrons. The van der Waals surface area contributed by atoms with Crippen molar-refractivity contribution in [2.24, 2.45) is 5.92 Å². The summed E-state index contributed by atoms with van der Waals surface area (Å²) >= 11 is 6.14. The summed E-state index contributed by atoms with van der Waals surface area (Å²) in [7, 11) is 3.23. The summed E-state index contributed by atoms with van der Waals surface area (Å²) in [5, 5.41) is 0.423. The van der Waals surface area contributed by atoms with Gasteiger partial charge in [0.2, 0.25) is 11.8 Å². The predicted octanol–water partition coefficient (Wildman–Crippen LogP) is 2.15. The minimum atomic E-state index is -0.398. The van der Waals surface area contributed by atoms with Crippen LogP contribution >= 0.6 is 11.6 Å². The van der Waals surface area contributed by atoms with E-state index in [1.54, 1.807) is 53.6 Å². The Morgan fingerprint density at radius 2 is 2.23 bits per heavy atom. The molecule has 0 N–H and O–H groups in total.